The zero-order valence-corrected chi connectivity index (χ0v) is 34.3. The number of hydrogen-bond donors (Lipinski definition) is 0. The number of rotatable bonds is 3. The van der Waals surface area contributed by atoms with Gasteiger partial charge in [-0.05, 0) is 109 Å². The summed E-state index contributed by atoms with van der Waals surface area (Å²) in [4.78, 5) is 2.47. The number of fused-ring (bicyclic) bond motifs is 8. The second-order valence-electron chi connectivity index (χ2n) is 19.5. The SMILES string of the molecule is CC(C)(C)c1ccc(N(c2ccc(C(C)(C)C)cc2)c2cc3c(c4c2C(C)(C)c2ccccc2-4)B2c4cc(C(C)(C)C)ccc4Oc4cccc(c42)O3)cc1. The van der Waals surface area contributed by atoms with E-state index in [1.807, 2.05) is 0 Å². The number of benzene rings is 6. The lowest BCUT2D eigenvalue weighted by Gasteiger charge is -2.38. The summed E-state index contributed by atoms with van der Waals surface area (Å²) in [7, 11) is 0. The molecule has 2 aliphatic heterocycles. The molecule has 6 aromatic rings. The van der Waals surface area contributed by atoms with E-state index in [1.54, 1.807) is 0 Å². The van der Waals surface area contributed by atoms with Gasteiger partial charge in [-0.3, -0.25) is 0 Å². The molecule has 0 atom stereocenters. The molecular formula is C51H52BNO2. The van der Waals surface area contributed by atoms with Crippen LogP contribution in [0.5, 0.6) is 23.0 Å². The van der Waals surface area contributed by atoms with Gasteiger partial charge < -0.3 is 14.4 Å². The summed E-state index contributed by atoms with van der Waals surface area (Å²) in [6, 6.07) is 42.8. The predicted molar refractivity (Wildman–Crippen MR) is 232 cm³/mol. The minimum absolute atomic E-state index is 0.0191. The van der Waals surface area contributed by atoms with Crippen LogP contribution in [0, 0.1) is 0 Å². The third kappa shape index (κ3) is 5.54. The topological polar surface area (TPSA) is 21.7 Å². The van der Waals surface area contributed by atoms with E-state index >= 15 is 0 Å². The van der Waals surface area contributed by atoms with Crippen LogP contribution in [-0.2, 0) is 21.7 Å². The van der Waals surface area contributed by atoms with E-state index in [0.29, 0.717) is 0 Å². The highest BCUT2D eigenvalue weighted by Gasteiger charge is 2.48. The van der Waals surface area contributed by atoms with Gasteiger partial charge in [0.2, 0.25) is 0 Å². The van der Waals surface area contributed by atoms with Crippen LogP contribution in [-0.4, -0.2) is 6.71 Å². The van der Waals surface area contributed by atoms with Crippen molar-refractivity contribution in [3.63, 3.8) is 0 Å². The Labute approximate surface area is 328 Å². The van der Waals surface area contributed by atoms with E-state index in [4.69, 9.17) is 9.47 Å². The fraction of sp³-hybridized carbons (Fsp3) is 0.294. The summed E-state index contributed by atoms with van der Waals surface area (Å²) in [5.74, 6) is 3.53. The van der Waals surface area contributed by atoms with E-state index in [9.17, 15) is 0 Å². The van der Waals surface area contributed by atoms with Crippen molar-refractivity contribution in [2.75, 3.05) is 4.90 Å². The van der Waals surface area contributed by atoms with Crippen molar-refractivity contribution in [2.45, 2.75) is 97.8 Å². The second kappa shape index (κ2) is 11.9. The molecule has 2 heterocycles. The first-order chi connectivity index (χ1) is 25.9. The summed E-state index contributed by atoms with van der Waals surface area (Å²) in [5.41, 5.74) is 15.8. The highest BCUT2D eigenvalue weighted by Crippen LogP contribution is 2.56. The summed E-state index contributed by atoms with van der Waals surface area (Å²) < 4.78 is 13.8. The van der Waals surface area contributed by atoms with Gasteiger partial charge in [-0.2, -0.15) is 0 Å². The zero-order valence-electron chi connectivity index (χ0n) is 34.3. The van der Waals surface area contributed by atoms with Crippen LogP contribution in [0.15, 0.2) is 115 Å². The average Bonchev–Trinajstić information content (AvgIpc) is 3.37. The van der Waals surface area contributed by atoms with Gasteiger partial charge >= 0.3 is 0 Å². The Morgan fingerprint density at radius 2 is 1.04 bits per heavy atom. The Morgan fingerprint density at radius 3 is 1.60 bits per heavy atom. The third-order valence-electron chi connectivity index (χ3n) is 12.3. The standard InChI is InChI=1S/C51H52BNO2/c1-48(2,3)31-19-24-34(25-20-31)53(35-26-21-32(22-27-35)49(4,5)6)39-30-43-47(44-36-15-12-13-16-37(36)51(10,11)45(39)44)52-38-29-33(50(7,8)9)23-28-40(38)54-41-17-14-18-42(55-43)46(41)52/h12-30H,1-11H3. The predicted octanol–water partition coefficient (Wildman–Crippen LogP) is 12.1. The first kappa shape index (κ1) is 35.5. The molecule has 0 saturated heterocycles. The lowest BCUT2D eigenvalue weighted by Crippen LogP contribution is -2.58. The molecule has 0 amide bonds. The van der Waals surface area contributed by atoms with Gasteiger partial charge in [0.25, 0.3) is 6.71 Å². The Kier molecular flexibility index (Phi) is 7.67. The number of hydrogen-bond acceptors (Lipinski definition) is 3. The average molecular weight is 722 g/mol. The van der Waals surface area contributed by atoms with Crippen molar-refractivity contribution in [1.82, 2.24) is 0 Å². The van der Waals surface area contributed by atoms with Crippen LogP contribution in [0.1, 0.15) is 104 Å². The summed E-state index contributed by atoms with van der Waals surface area (Å²) in [6.45, 7) is 25.3. The van der Waals surface area contributed by atoms with Gasteiger partial charge in [0.15, 0.2) is 0 Å². The highest BCUT2D eigenvalue weighted by atomic mass is 16.5. The Balaban J connectivity index is 1.37. The molecule has 1 aliphatic carbocycles. The van der Waals surface area contributed by atoms with Gasteiger partial charge in [0.05, 0.1) is 5.69 Å². The monoisotopic (exact) mass is 721 g/mol. The van der Waals surface area contributed by atoms with Gasteiger partial charge in [-0.15, -0.1) is 0 Å². The molecule has 276 valence electrons. The quantitative estimate of drug-likeness (QED) is 0.170. The zero-order chi connectivity index (χ0) is 38.8. The molecule has 0 fully saturated rings. The van der Waals surface area contributed by atoms with Crippen molar-refractivity contribution in [1.29, 1.82) is 0 Å². The van der Waals surface area contributed by atoms with E-state index in [1.165, 1.54) is 49.9 Å². The maximum absolute atomic E-state index is 7.13. The van der Waals surface area contributed by atoms with Crippen molar-refractivity contribution >= 4 is 40.2 Å². The molecule has 0 unspecified atom stereocenters. The molecule has 0 saturated carbocycles. The van der Waals surface area contributed by atoms with Gasteiger partial charge in [0, 0.05) is 28.3 Å². The van der Waals surface area contributed by atoms with E-state index in [0.717, 1.165) is 45.5 Å². The fourth-order valence-corrected chi connectivity index (χ4v) is 9.16. The van der Waals surface area contributed by atoms with Gasteiger partial charge in [-0.1, -0.05) is 143 Å². The summed E-state index contributed by atoms with van der Waals surface area (Å²) >= 11 is 0. The van der Waals surface area contributed by atoms with Crippen LogP contribution < -0.4 is 30.8 Å². The number of ether oxygens (including phenoxy) is 2. The minimum atomic E-state index is -0.299. The molecular weight excluding hydrogens is 669 g/mol. The van der Waals surface area contributed by atoms with Crippen molar-refractivity contribution < 1.29 is 9.47 Å². The lowest BCUT2D eigenvalue weighted by atomic mass is 9.33. The fourth-order valence-electron chi connectivity index (χ4n) is 9.16. The van der Waals surface area contributed by atoms with Crippen LogP contribution in [0.25, 0.3) is 11.1 Å². The Hall–Kier alpha value is -5.22. The van der Waals surface area contributed by atoms with Crippen molar-refractivity contribution in [2.24, 2.45) is 0 Å². The summed E-state index contributed by atoms with van der Waals surface area (Å²) in [5, 5.41) is 0. The van der Waals surface area contributed by atoms with E-state index < -0.39 is 0 Å². The minimum Gasteiger partial charge on any atom is -0.458 e. The first-order valence-corrected chi connectivity index (χ1v) is 19.9. The molecule has 9 rings (SSSR count). The molecule has 3 aliphatic rings. The van der Waals surface area contributed by atoms with Gasteiger partial charge in [0.1, 0.15) is 23.0 Å². The van der Waals surface area contributed by atoms with Crippen LogP contribution >= 0.6 is 0 Å². The lowest BCUT2D eigenvalue weighted by molar-refractivity contribution is 0.464. The molecule has 3 nitrogen and oxygen atoms in total. The smallest absolute Gasteiger partial charge is 0.261 e. The summed E-state index contributed by atoms with van der Waals surface area (Å²) in [6.07, 6.45) is 0. The molecule has 0 bridgehead atoms. The first-order valence-electron chi connectivity index (χ1n) is 19.9. The molecule has 0 N–H and O–H groups in total. The van der Waals surface area contributed by atoms with Gasteiger partial charge in [-0.25, -0.2) is 0 Å². The molecule has 0 aromatic heterocycles. The molecule has 4 heteroatoms. The second-order valence-corrected chi connectivity index (χ2v) is 19.5. The van der Waals surface area contributed by atoms with Crippen LogP contribution in [0.2, 0.25) is 0 Å². The Morgan fingerprint density at radius 1 is 0.509 bits per heavy atom. The molecule has 0 spiro atoms. The Bertz CT molecular complexity index is 2450. The van der Waals surface area contributed by atoms with E-state index in [2.05, 4.69) is 196 Å². The third-order valence-corrected chi connectivity index (χ3v) is 12.3. The van der Waals surface area contributed by atoms with Crippen molar-refractivity contribution in [3.05, 3.63) is 143 Å². The molecule has 0 radical (unpaired) electrons. The number of nitrogens with zero attached hydrogens (tertiary/aromatic N) is 1. The number of anilines is 3. The molecule has 6 aromatic carbocycles. The maximum atomic E-state index is 7.13. The molecule has 55 heavy (non-hydrogen) atoms. The van der Waals surface area contributed by atoms with Crippen molar-refractivity contribution in [3.8, 4) is 34.1 Å². The largest absolute Gasteiger partial charge is 0.458 e. The highest BCUT2D eigenvalue weighted by molar-refractivity contribution is 6.99. The normalized spacial score (nSPS) is 14.9. The maximum Gasteiger partial charge on any atom is 0.261 e. The van der Waals surface area contributed by atoms with E-state index in [-0.39, 0.29) is 28.4 Å². The van der Waals surface area contributed by atoms with Crippen LogP contribution in [0.3, 0.4) is 0 Å². The van der Waals surface area contributed by atoms with Crippen LogP contribution in [0.4, 0.5) is 17.1 Å².